The highest BCUT2D eigenvalue weighted by atomic mass is 16.5. The summed E-state index contributed by atoms with van der Waals surface area (Å²) in [6, 6.07) is 13.5. The summed E-state index contributed by atoms with van der Waals surface area (Å²) in [7, 11) is 1.68. The van der Waals surface area contributed by atoms with Gasteiger partial charge in [-0.3, -0.25) is 4.79 Å². The van der Waals surface area contributed by atoms with Crippen molar-refractivity contribution in [1.29, 1.82) is 5.41 Å². The van der Waals surface area contributed by atoms with Crippen LogP contribution in [0.2, 0.25) is 0 Å². The van der Waals surface area contributed by atoms with Crippen LogP contribution < -0.4 is 9.47 Å². The van der Waals surface area contributed by atoms with E-state index in [0.29, 0.717) is 24.7 Å². The Morgan fingerprint density at radius 1 is 0.889 bits per heavy atom. The van der Waals surface area contributed by atoms with Crippen molar-refractivity contribution in [2.75, 3.05) is 20.3 Å². The third-order valence-corrected chi connectivity index (χ3v) is 9.64. The number of ether oxygens (including phenoxy) is 3. The topological polar surface area (TPSA) is 85.7 Å². The van der Waals surface area contributed by atoms with Gasteiger partial charge in [0.2, 0.25) is 0 Å². The largest absolute Gasteiger partial charge is 0.496 e. The molecule has 0 heterocycles. The van der Waals surface area contributed by atoms with Crippen molar-refractivity contribution in [2.45, 2.75) is 103 Å². The van der Waals surface area contributed by atoms with Crippen molar-refractivity contribution < 1.29 is 23.8 Å². The van der Waals surface area contributed by atoms with E-state index in [1.807, 2.05) is 6.07 Å². The second kappa shape index (κ2) is 20.6. The van der Waals surface area contributed by atoms with Crippen LogP contribution in [0.1, 0.15) is 124 Å². The molecule has 0 spiro atoms. The van der Waals surface area contributed by atoms with Crippen molar-refractivity contribution >= 4 is 18.5 Å². The highest BCUT2D eigenvalue weighted by Gasteiger charge is 2.31. The van der Waals surface area contributed by atoms with Gasteiger partial charge in [0.25, 0.3) is 0 Å². The SMILES string of the molecule is C=CC(=O)OCCCCCCOc1ccc(C=O)cc1.CCCC1CCC(C2CCC(c3ccc(OC)c(C=N)c3)CC2)CC1. The number of esters is 1. The van der Waals surface area contributed by atoms with Crippen molar-refractivity contribution in [1.82, 2.24) is 0 Å². The first-order valence-electron chi connectivity index (χ1n) is 17.2. The second-order valence-electron chi connectivity index (χ2n) is 12.6. The van der Waals surface area contributed by atoms with Gasteiger partial charge in [0.05, 0.1) is 20.3 Å². The van der Waals surface area contributed by atoms with Gasteiger partial charge in [-0.2, -0.15) is 0 Å². The van der Waals surface area contributed by atoms with Crippen molar-refractivity contribution in [3.05, 3.63) is 71.8 Å². The molecule has 45 heavy (non-hydrogen) atoms. The van der Waals surface area contributed by atoms with Gasteiger partial charge < -0.3 is 19.6 Å². The van der Waals surface area contributed by atoms with E-state index in [1.54, 1.807) is 31.4 Å². The number of rotatable bonds is 16. The summed E-state index contributed by atoms with van der Waals surface area (Å²) in [5, 5.41) is 7.61. The van der Waals surface area contributed by atoms with E-state index in [-0.39, 0.29) is 5.97 Å². The van der Waals surface area contributed by atoms with Crippen molar-refractivity contribution in [3.8, 4) is 11.5 Å². The van der Waals surface area contributed by atoms with E-state index in [4.69, 9.17) is 19.6 Å². The Bertz CT molecular complexity index is 1160. The molecule has 2 fully saturated rings. The molecule has 0 bridgehead atoms. The Labute approximate surface area is 271 Å². The molecule has 0 aromatic heterocycles. The molecule has 0 amide bonds. The van der Waals surface area contributed by atoms with E-state index in [0.717, 1.165) is 66.8 Å². The maximum absolute atomic E-state index is 10.8. The van der Waals surface area contributed by atoms with E-state index in [9.17, 15) is 9.59 Å². The lowest BCUT2D eigenvalue weighted by molar-refractivity contribution is -0.137. The number of aldehydes is 1. The molecular weight excluding hydrogens is 562 g/mol. The van der Waals surface area contributed by atoms with Crippen LogP contribution in [0, 0.1) is 23.2 Å². The summed E-state index contributed by atoms with van der Waals surface area (Å²) < 4.78 is 15.8. The molecule has 6 heteroatoms. The van der Waals surface area contributed by atoms with E-state index < -0.39 is 0 Å². The molecule has 2 aromatic rings. The zero-order chi connectivity index (χ0) is 32.3. The standard InChI is InChI=1S/C23H35NO.C16H20O4/c1-3-4-17-5-7-18(8-6-17)19-9-11-20(12-10-19)21-13-14-23(25-2)22(15-21)16-24;1-2-16(18)20-12-6-4-3-5-11-19-15-9-7-14(13-17)8-10-15/h13-20,24H,3-12H2,1-2H3;2,7-10,13H,1,3-6,11-12H2. The Morgan fingerprint density at radius 3 is 2.11 bits per heavy atom. The molecule has 1 N–H and O–H groups in total. The molecule has 0 aliphatic heterocycles. The minimum Gasteiger partial charge on any atom is -0.496 e. The lowest BCUT2D eigenvalue weighted by Gasteiger charge is -2.38. The molecule has 6 nitrogen and oxygen atoms in total. The average molecular weight is 618 g/mol. The Morgan fingerprint density at radius 2 is 1.53 bits per heavy atom. The molecule has 0 atom stereocenters. The third kappa shape index (κ3) is 12.5. The van der Waals surface area contributed by atoms with Crippen LogP contribution in [0.4, 0.5) is 0 Å². The maximum atomic E-state index is 10.8. The van der Waals surface area contributed by atoms with Gasteiger partial charge in [-0.05, 0) is 130 Å². The Hall–Kier alpha value is -3.41. The number of benzene rings is 2. The molecule has 2 aromatic carbocycles. The van der Waals surface area contributed by atoms with Gasteiger partial charge in [0.15, 0.2) is 0 Å². The molecule has 0 radical (unpaired) electrons. The number of hydrogen-bond donors (Lipinski definition) is 1. The van der Waals surface area contributed by atoms with Crippen LogP contribution in [-0.4, -0.2) is 38.8 Å². The van der Waals surface area contributed by atoms with Crippen LogP contribution in [-0.2, 0) is 9.53 Å². The van der Waals surface area contributed by atoms with Crippen LogP contribution in [0.5, 0.6) is 11.5 Å². The molecule has 0 saturated heterocycles. The first-order valence-corrected chi connectivity index (χ1v) is 17.2. The molecular formula is C39H55NO5. The highest BCUT2D eigenvalue weighted by Crippen LogP contribution is 2.44. The fourth-order valence-corrected chi connectivity index (χ4v) is 7.02. The number of nitrogens with one attached hydrogen (secondary N) is 1. The van der Waals surface area contributed by atoms with Crippen molar-refractivity contribution in [3.63, 3.8) is 0 Å². The zero-order valence-corrected chi connectivity index (χ0v) is 27.6. The van der Waals surface area contributed by atoms with Gasteiger partial charge in [0, 0.05) is 23.4 Å². The fourth-order valence-electron chi connectivity index (χ4n) is 7.02. The van der Waals surface area contributed by atoms with Gasteiger partial charge >= 0.3 is 5.97 Å². The third-order valence-electron chi connectivity index (χ3n) is 9.64. The molecule has 2 saturated carbocycles. The van der Waals surface area contributed by atoms with E-state index in [2.05, 4.69) is 25.6 Å². The van der Waals surface area contributed by atoms with Crippen LogP contribution in [0.3, 0.4) is 0 Å². The number of carbonyl (C=O) groups excluding carboxylic acids is 2. The summed E-state index contributed by atoms with van der Waals surface area (Å²) in [5.41, 5.74) is 2.96. The minimum atomic E-state index is -0.368. The number of carbonyl (C=O) groups is 2. The molecule has 246 valence electrons. The summed E-state index contributed by atoms with van der Waals surface area (Å²) >= 11 is 0. The predicted molar refractivity (Wildman–Crippen MR) is 183 cm³/mol. The van der Waals surface area contributed by atoms with Gasteiger partial charge in [0.1, 0.15) is 17.8 Å². The monoisotopic (exact) mass is 617 g/mol. The summed E-state index contributed by atoms with van der Waals surface area (Å²) in [5.74, 6) is 4.90. The summed E-state index contributed by atoms with van der Waals surface area (Å²) in [6.45, 7) is 6.75. The smallest absolute Gasteiger partial charge is 0.330 e. The molecule has 0 unspecified atom stereocenters. The van der Waals surface area contributed by atoms with Crippen molar-refractivity contribution in [2.24, 2.45) is 17.8 Å². The first kappa shape index (κ1) is 36.1. The van der Waals surface area contributed by atoms with Gasteiger partial charge in [-0.25, -0.2) is 4.79 Å². The lowest BCUT2D eigenvalue weighted by Crippen LogP contribution is -2.25. The second-order valence-corrected chi connectivity index (χ2v) is 12.6. The summed E-state index contributed by atoms with van der Waals surface area (Å²) in [6.07, 6.45) is 21.4. The Balaban J connectivity index is 0.000000253. The minimum absolute atomic E-state index is 0.368. The quantitative estimate of drug-likeness (QED) is 0.0666. The lowest BCUT2D eigenvalue weighted by atomic mass is 9.68. The number of hydrogen-bond acceptors (Lipinski definition) is 6. The Kier molecular flexibility index (Phi) is 16.5. The zero-order valence-electron chi connectivity index (χ0n) is 27.6. The van der Waals surface area contributed by atoms with Crippen LogP contribution in [0.25, 0.3) is 0 Å². The van der Waals surface area contributed by atoms with E-state index in [1.165, 1.54) is 82.1 Å². The van der Waals surface area contributed by atoms with Crippen LogP contribution in [0.15, 0.2) is 55.1 Å². The number of unbranched alkanes of at least 4 members (excludes halogenated alkanes) is 3. The predicted octanol–water partition coefficient (Wildman–Crippen LogP) is 9.74. The fraction of sp³-hybridized carbons (Fsp3) is 0.564. The van der Waals surface area contributed by atoms with Gasteiger partial charge in [-0.15, -0.1) is 0 Å². The maximum Gasteiger partial charge on any atom is 0.330 e. The highest BCUT2D eigenvalue weighted by molar-refractivity contribution is 5.81. The first-order chi connectivity index (χ1) is 22.0. The number of methoxy groups -OCH3 is 1. The normalized spacial score (nSPS) is 21.0. The molecule has 2 aliphatic rings. The molecule has 2 aliphatic carbocycles. The van der Waals surface area contributed by atoms with Gasteiger partial charge in [-0.1, -0.05) is 45.3 Å². The van der Waals surface area contributed by atoms with E-state index >= 15 is 0 Å². The average Bonchev–Trinajstić information content (AvgIpc) is 3.10. The molecule has 4 rings (SSSR count). The summed E-state index contributed by atoms with van der Waals surface area (Å²) in [4.78, 5) is 21.3. The van der Waals surface area contributed by atoms with Crippen LogP contribution >= 0.6 is 0 Å².